The first-order valence-corrected chi connectivity index (χ1v) is 9.61. The van der Waals surface area contributed by atoms with Gasteiger partial charge in [0.05, 0.1) is 6.54 Å². The highest BCUT2D eigenvalue weighted by Crippen LogP contribution is 2.31. The van der Waals surface area contributed by atoms with Crippen LogP contribution in [-0.2, 0) is 13.0 Å². The Kier molecular flexibility index (Phi) is 4.90. The van der Waals surface area contributed by atoms with Gasteiger partial charge in [-0.3, -0.25) is 9.36 Å². The Hall–Kier alpha value is -3.08. The lowest BCUT2D eigenvalue weighted by Crippen LogP contribution is -2.23. The monoisotopic (exact) mass is 376 g/mol. The van der Waals surface area contributed by atoms with Crippen LogP contribution in [0.4, 0.5) is 0 Å². The lowest BCUT2D eigenvalue weighted by atomic mass is 9.92. The van der Waals surface area contributed by atoms with Crippen LogP contribution in [0.3, 0.4) is 0 Å². The van der Waals surface area contributed by atoms with E-state index in [1.807, 2.05) is 10.6 Å². The fourth-order valence-corrected chi connectivity index (χ4v) is 3.59. The third kappa shape index (κ3) is 3.52. The summed E-state index contributed by atoms with van der Waals surface area (Å²) in [6, 6.07) is 14.5. The van der Waals surface area contributed by atoms with Crippen LogP contribution in [-0.4, -0.2) is 22.3 Å². The van der Waals surface area contributed by atoms with E-state index in [0.29, 0.717) is 19.2 Å². The van der Waals surface area contributed by atoms with Crippen LogP contribution in [0, 0.1) is 13.8 Å². The Morgan fingerprint density at radius 1 is 1.18 bits per heavy atom. The number of ether oxygens (including phenoxy) is 2. The third-order valence-electron chi connectivity index (χ3n) is 5.31. The number of hydrogen-bond acceptors (Lipinski definition) is 4. The first-order valence-electron chi connectivity index (χ1n) is 9.61. The van der Waals surface area contributed by atoms with Crippen LogP contribution in [0.2, 0.25) is 0 Å². The van der Waals surface area contributed by atoms with E-state index in [4.69, 9.17) is 9.47 Å². The predicted molar refractivity (Wildman–Crippen MR) is 109 cm³/mol. The number of aryl methyl sites for hydroxylation is 2. The topological polar surface area (TPSA) is 53.4 Å². The zero-order valence-corrected chi connectivity index (χ0v) is 16.4. The molecule has 0 unspecified atom stereocenters. The van der Waals surface area contributed by atoms with Gasteiger partial charge in [-0.2, -0.15) is 4.98 Å². The standard InChI is InChI=1S/C23H24N2O3/c1-4-17-12-18(8-9-21(17)20-7-5-6-15(2)16(20)3)27-14-19-13-25-11-10-22(26)24-23(25)28-19/h5-12,19H,4,13-14H2,1-3H3/t19-/m0/s1. The lowest BCUT2D eigenvalue weighted by Gasteiger charge is -2.16. The molecular formula is C23H24N2O3. The summed E-state index contributed by atoms with van der Waals surface area (Å²) in [6.07, 6.45) is 2.48. The van der Waals surface area contributed by atoms with Crippen molar-refractivity contribution in [2.75, 3.05) is 6.61 Å². The minimum atomic E-state index is -0.289. The highest BCUT2D eigenvalue weighted by atomic mass is 16.6. The van der Waals surface area contributed by atoms with E-state index in [1.165, 1.54) is 33.9 Å². The van der Waals surface area contributed by atoms with Gasteiger partial charge in [-0.15, -0.1) is 0 Å². The average molecular weight is 376 g/mol. The molecule has 0 fully saturated rings. The quantitative estimate of drug-likeness (QED) is 0.677. The van der Waals surface area contributed by atoms with Crippen LogP contribution in [0.1, 0.15) is 23.6 Å². The molecule has 5 nitrogen and oxygen atoms in total. The van der Waals surface area contributed by atoms with Crippen molar-refractivity contribution in [1.82, 2.24) is 9.55 Å². The fraction of sp³-hybridized carbons (Fsp3) is 0.304. The number of benzene rings is 2. The molecule has 1 aromatic heterocycles. The molecule has 5 heteroatoms. The van der Waals surface area contributed by atoms with Crippen LogP contribution in [0.5, 0.6) is 11.8 Å². The van der Waals surface area contributed by atoms with Gasteiger partial charge in [0, 0.05) is 12.3 Å². The van der Waals surface area contributed by atoms with Crippen LogP contribution in [0.15, 0.2) is 53.5 Å². The summed E-state index contributed by atoms with van der Waals surface area (Å²) in [5, 5.41) is 0. The maximum Gasteiger partial charge on any atom is 0.300 e. The molecule has 4 rings (SSSR count). The Morgan fingerprint density at radius 3 is 2.86 bits per heavy atom. The minimum Gasteiger partial charge on any atom is -0.490 e. The van der Waals surface area contributed by atoms with Crippen molar-refractivity contribution in [2.45, 2.75) is 39.8 Å². The van der Waals surface area contributed by atoms with Crippen molar-refractivity contribution in [3.05, 3.63) is 75.7 Å². The second kappa shape index (κ2) is 7.50. The molecule has 0 bridgehead atoms. The second-order valence-electron chi connectivity index (χ2n) is 7.17. The number of rotatable bonds is 5. The molecule has 2 heterocycles. The van der Waals surface area contributed by atoms with Gasteiger partial charge in [-0.25, -0.2) is 0 Å². The first kappa shape index (κ1) is 18.3. The highest BCUT2D eigenvalue weighted by molar-refractivity contribution is 5.72. The molecule has 3 aromatic rings. The summed E-state index contributed by atoms with van der Waals surface area (Å²) in [5.41, 5.74) is 6.10. The zero-order chi connectivity index (χ0) is 19.7. The van der Waals surface area contributed by atoms with Crippen molar-refractivity contribution in [3.8, 4) is 22.9 Å². The van der Waals surface area contributed by atoms with Crippen LogP contribution >= 0.6 is 0 Å². The van der Waals surface area contributed by atoms with Crippen molar-refractivity contribution in [2.24, 2.45) is 0 Å². The molecule has 1 atom stereocenters. The van der Waals surface area contributed by atoms with Gasteiger partial charge in [-0.1, -0.05) is 31.2 Å². The summed E-state index contributed by atoms with van der Waals surface area (Å²) in [6.45, 7) is 7.51. The lowest BCUT2D eigenvalue weighted by molar-refractivity contribution is 0.143. The Labute approximate surface area is 164 Å². The molecule has 1 aliphatic heterocycles. The van der Waals surface area contributed by atoms with E-state index in [9.17, 15) is 4.79 Å². The van der Waals surface area contributed by atoms with Gasteiger partial charge < -0.3 is 9.47 Å². The third-order valence-corrected chi connectivity index (χ3v) is 5.31. The van der Waals surface area contributed by atoms with Crippen molar-refractivity contribution >= 4 is 0 Å². The average Bonchev–Trinajstić information content (AvgIpc) is 3.10. The Balaban J connectivity index is 1.49. The summed E-state index contributed by atoms with van der Waals surface area (Å²) in [7, 11) is 0. The van der Waals surface area contributed by atoms with Gasteiger partial charge in [0.15, 0.2) is 6.10 Å². The Morgan fingerprint density at radius 2 is 2.04 bits per heavy atom. The molecule has 28 heavy (non-hydrogen) atoms. The molecule has 0 saturated carbocycles. The largest absolute Gasteiger partial charge is 0.490 e. The Bertz CT molecular complexity index is 1070. The minimum absolute atomic E-state index is 0.155. The van der Waals surface area contributed by atoms with Gasteiger partial charge >= 0.3 is 0 Å². The van der Waals surface area contributed by atoms with E-state index in [0.717, 1.165) is 12.2 Å². The summed E-state index contributed by atoms with van der Waals surface area (Å²) >= 11 is 0. The summed E-state index contributed by atoms with van der Waals surface area (Å²) in [4.78, 5) is 15.2. The van der Waals surface area contributed by atoms with Crippen molar-refractivity contribution in [3.63, 3.8) is 0 Å². The van der Waals surface area contributed by atoms with E-state index < -0.39 is 0 Å². The first-order chi connectivity index (χ1) is 13.5. The molecule has 0 N–H and O–H groups in total. The zero-order valence-electron chi connectivity index (χ0n) is 16.4. The van der Waals surface area contributed by atoms with Gasteiger partial charge in [0.2, 0.25) is 0 Å². The number of fused-ring (bicyclic) bond motifs is 1. The van der Waals surface area contributed by atoms with Crippen LogP contribution in [0.25, 0.3) is 11.1 Å². The smallest absolute Gasteiger partial charge is 0.300 e. The molecule has 0 saturated heterocycles. The van der Waals surface area contributed by atoms with E-state index in [2.05, 4.69) is 56.1 Å². The number of hydrogen-bond donors (Lipinski definition) is 0. The van der Waals surface area contributed by atoms with Gasteiger partial charge in [-0.05, 0) is 60.2 Å². The second-order valence-corrected chi connectivity index (χ2v) is 7.17. The van der Waals surface area contributed by atoms with Gasteiger partial charge in [0.1, 0.15) is 12.4 Å². The summed E-state index contributed by atoms with van der Waals surface area (Å²) < 4.78 is 13.5. The van der Waals surface area contributed by atoms with E-state index in [-0.39, 0.29) is 11.7 Å². The van der Waals surface area contributed by atoms with Crippen molar-refractivity contribution in [1.29, 1.82) is 0 Å². The summed E-state index contributed by atoms with van der Waals surface area (Å²) in [5.74, 6) is 0.827. The molecule has 144 valence electrons. The molecule has 1 aliphatic rings. The molecule has 0 spiro atoms. The van der Waals surface area contributed by atoms with Crippen molar-refractivity contribution < 1.29 is 9.47 Å². The molecule has 0 aliphatic carbocycles. The van der Waals surface area contributed by atoms with E-state index in [1.54, 1.807) is 6.20 Å². The number of aromatic nitrogens is 2. The fourth-order valence-electron chi connectivity index (χ4n) is 3.59. The molecule has 0 radical (unpaired) electrons. The predicted octanol–water partition coefficient (Wildman–Crippen LogP) is 3.93. The molecule has 0 amide bonds. The van der Waals surface area contributed by atoms with Gasteiger partial charge in [0.25, 0.3) is 11.6 Å². The van der Waals surface area contributed by atoms with E-state index >= 15 is 0 Å². The van der Waals surface area contributed by atoms with Crippen LogP contribution < -0.4 is 15.0 Å². The number of nitrogens with zero attached hydrogens (tertiary/aromatic N) is 2. The maximum atomic E-state index is 11.3. The SMILES string of the molecule is CCc1cc(OC[C@@H]2Cn3ccc(=O)nc3O2)ccc1-c1cccc(C)c1C. The normalized spacial score (nSPS) is 15.2. The highest BCUT2D eigenvalue weighted by Gasteiger charge is 2.23. The maximum absolute atomic E-state index is 11.3. The molecule has 2 aromatic carbocycles. The molecular weight excluding hydrogens is 352 g/mol.